The van der Waals surface area contributed by atoms with Crippen molar-refractivity contribution in [3.63, 3.8) is 0 Å². The summed E-state index contributed by atoms with van der Waals surface area (Å²) in [7, 11) is 0. The first-order valence-electron chi connectivity index (χ1n) is 8.92. The first kappa shape index (κ1) is 14.3. The summed E-state index contributed by atoms with van der Waals surface area (Å²) in [6.07, 6.45) is 2.34. The molecule has 1 aromatic heterocycles. The van der Waals surface area contributed by atoms with Crippen molar-refractivity contribution < 1.29 is 4.74 Å². The SMILES string of the molecule is c1ccc(-c2[nH]c3cccc4c3c2CCC4N2CCOCC2)cc1. The van der Waals surface area contributed by atoms with Crippen LogP contribution in [0.3, 0.4) is 0 Å². The summed E-state index contributed by atoms with van der Waals surface area (Å²) in [6.45, 7) is 3.82. The predicted octanol–water partition coefficient (Wildman–Crippen LogP) is 4.15. The molecule has 1 aliphatic heterocycles. The molecule has 1 atom stereocenters. The summed E-state index contributed by atoms with van der Waals surface area (Å²) < 4.78 is 5.55. The van der Waals surface area contributed by atoms with E-state index in [0.29, 0.717) is 6.04 Å². The smallest absolute Gasteiger partial charge is 0.0594 e. The van der Waals surface area contributed by atoms with Gasteiger partial charge in [0.25, 0.3) is 0 Å². The Labute approximate surface area is 142 Å². The Morgan fingerprint density at radius 1 is 0.958 bits per heavy atom. The Hall–Kier alpha value is -2.10. The number of hydrogen-bond acceptors (Lipinski definition) is 2. The molecule has 1 fully saturated rings. The van der Waals surface area contributed by atoms with Crippen molar-refractivity contribution in [2.24, 2.45) is 0 Å². The molecule has 3 nitrogen and oxygen atoms in total. The van der Waals surface area contributed by atoms with Crippen LogP contribution in [0.25, 0.3) is 22.2 Å². The van der Waals surface area contributed by atoms with Gasteiger partial charge in [0.2, 0.25) is 0 Å². The van der Waals surface area contributed by atoms with Crippen LogP contribution in [0, 0.1) is 0 Å². The number of aromatic amines is 1. The Morgan fingerprint density at radius 3 is 2.62 bits per heavy atom. The van der Waals surface area contributed by atoms with E-state index in [1.54, 1.807) is 0 Å². The summed E-state index contributed by atoms with van der Waals surface area (Å²) in [5.74, 6) is 0. The Bertz CT molecular complexity index is 862. The average Bonchev–Trinajstić information content (AvgIpc) is 3.04. The van der Waals surface area contributed by atoms with Crippen LogP contribution in [-0.4, -0.2) is 36.2 Å². The first-order valence-corrected chi connectivity index (χ1v) is 8.92. The number of hydrogen-bond donors (Lipinski definition) is 1. The Morgan fingerprint density at radius 2 is 1.79 bits per heavy atom. The molecule has 2 aliphatic rings. The molecule has 0 saturated carbocycles. The number of aryl methyl sites for hydroxylation is 1. The fraction of sp³-hybridized carbons (Fsp3) is 0.333. The number of morpholine rings is 1. The molecule has 24 heavy (non-hydrogen) atoms. The zero-order valence-electron chi connectivity index (χ0n) is 13.8. The third kappa shape index (κ3) is 2.20. The molecule has 5 rings (SSSR count). The van der Waals surface area contributed by atoms with Crippen LogP contribution in [0.2, 0.25) is 0 Å². The van der Waals surface area contributed by atoms with Crippen molar-refractivity contribution >= 4 is 10.9 Å². The molecular weight excluding hydrogens is 296 g/mol. The quantitative estimate of drug-likeness (QED) is 0.768. The number of H-pyrrole nitrogens is 1. The minimum Gasteiger partial charge on any atom is -0.379 e. The minimum absolute atomic E-state index is 0.532. The van der Waals surface area contributed by atoms with Crippen molar-refractivity contribution in [1.82, 2.24) is 9.88 Å². The second-order valence-corrected chi connectivity index (χ2v) is 6.82. The first-order chi connectivity index (χ1) is 11.9. The van der Waals surface area contributed by atoms with Gasteiger partial charge in [-0.25, -0.2) is 0 Å². The van der Waals surface area contributed by atoms with Crippen molar-refractivity contribution in [2.75, 3.05) is 26.3 Å². The van der Waals surface area contributed by atoms with Crippen molar-refractivity contribution in [3.8, 4) is 11.3 Å². The zero-order chi connectivity index (χ0) is 15.9. The number of rotatable bonds is 2. The highest BCUT2D eigenvalue weighted by Crippen LogP contribution is 2.42. The van der Waals surface area contributed by atoms with E-state index in [-0.39, 0.29) is 0 Å². The molecule has 1 unspecified atom stereocenters. The number of benzene rings is 2. The van der Waals surface area contributed by atoms with Gasteiger partial charge in [0, 0.05) is 35.7 Å². The van der Waals surface area contributed by atoms with Gasteiger partial charge in [0.05, 0.1) is 13.2 Å². The highest BCUT2D eigenvalue weighted by molar-refractivity contribution is 5.94. The lowest BCUT2D eigenvalue weighted by Crippen LogP contribution is -2.40. The number of nitrogens with one attached hydrogen (secondary N) is 1. The molecule has 2 aromatic carbocycles. The normalized spacial score (nSPS) is 21.2. The van der Waals surface area contributed by atoms with Gasteiger partial charge in [-0.3, -0.25) is 4.90 Å². The monoisotopic (exact) mass is 318 g/mol. The van der Waals surface area contributed by atoms with Crippen LogP contribution in [-0.2, 0) is 11.2 Å². The standard InChI is InChI=1S/C21H22N2O/c1-2-5-15(6-3-1)21-17-9-10-19(23-11-13-24-14-12-23)16-7-4-8-18(22-21)20(16)17/h1-8,19,22H,9-14H2. The molecule has 1 saturated heterocycles. The summed E-state index contributed by atoms with van der Waals surface area (Å²) in [5, 5.41) is 1.46. The van der Waals surface area contributed by atoms with E-state index < -0.39 is 0 Å². The van der Waals surface area contributed by atoms with Crippen LogP contribution in [0.1, 0.15) is 23.6 Å². The van der Waals surface area contributed by atoms with Gasteiger partial charge >= 0.3 is 0 Å². The third-order valence-corrected chi connectivity index (χ3v) is 5.54. The lowest BCUT2D eigenvalue weighted by Gasteiger charge is -2.37. The van der Waals surface area contributed by atoms with E-state index >= 15 is 0 Å². The van der Waals surface area contributed by atoms with Gasteiger partial charge in [-0.15, -0.1) is 0 Å². The molecular formula is C21H22N2O. The highest BCUT2D eigenvalue weighted by Gasteiger charge is 2.30. The maximum Gasteiger partial charge on any atom is 0.0594 e. The van der Waals surface area contributed by atoms with Crippen molar-refractivity contribution in [1.29, 1.82) is 0 Å². The minimum atomic E-state index is 0.532. The second kappa shape index (κ2) is 5.76. The molecule has 0 bridgehead atoms. The van der Waals surface area contributed by atoms with Gasteiger partial charge in [-0.2, -0.15) is 0 Å². The van der Waals surface area contributed by atoms with Crippen molar-refractivity contribution in [3.05, 3.63) is 59.7 Å². The van der Waals surface area contributed by atoms with Gasteiger partial charge in [0.15, 0.2) is 0 Å². The van der Waals surface area contributed by atoms with Crippen LogP contribution in [0.5, 0.6) is 0 Å². The van der Waals surface area contributed by atoms with E-state index in [1.807, 2.05) is 0 Å². The van der Waals surface area contributed by atoms with Crippen LogP contribution in [0.4, 0.5) is 0 Å². The zero-order valence-corrected chi connectivity index (χ0v) is 13.8. The molecule has 3 heteroatoms. The fourth-order valence-corrected chi connectivity index (χ4v) is 4.43. The maximum absolute atomic E-state index is 5.55. The van der Waals surface area contributed by atoms with Crippen LogP contribution < -0.4 is 0 Å². The van der Waals surface area contributed by atoms with E-state index in [4.69, 9.17) is 4.74 Å². The Kier molecular flexibility index (Phi) is 3.42. The summed E-state index contributed by atoms with van der Waals surface area (Å²) in [5.41, 5.74) is 6.86. The van der Waals surface area contributed by atoms with Gasteiger partial charge in [-0.05, 0) is 35.6 Å². The molecule has 122 valence electrons. The molecule has 1 N–H and O–H groups in total. The predicted molar refractivity (Wildman–Crippen MR) is 97.2 cm³/mol. The van der Waals surface area contributed by atoms with Crippen LogP contribution in [0.15, 0.2) is 48.5 Å². The number of nitrogens with zero attached hydrogens (tertiary/aromatic N) is 1. The van der Waals surface area contributed by atoms with Gasteiger partial charge in [-0.1, -0.05) is 42.5 Å². The molecule has 0 amide bonds. The molecule has 3 aromatic rings. The fourth-order valence-electron chi connectivity index (χ4n) is 4.43. The summed E-state index contributed by atoms with van der Waals surface area (Å²) in [6, 6.07) is 18.0. The number of aromatic nitrogens is 1. The van der Waals surface area contributed by atoms with E-state index in [9.17, 15) is 0 Å². The third-order valence-electron chi connectivity index (χ3n) is 5.54. The van der Waals surface area contributed by atoms with E-state index in [0.717, 1.165) is 32.7 Å². The molecule has 1 aliphatic carbocycles. The lowest BCUT2D eigenvalue weighted by atomic mass is 9.86. The highest BCUT2D eigenvalue weighted by atomic mass is 16.5. The second-order valence-electron chi connectivity index (χ2n) is 6.82. The largest absolute Gasteiger partial charge is 0.379 e. The number of ether oxygens (including phenoxy) is 1. The Balaban J connectivity index is 1.65. The summed E-state index contributed by atoms with van der Waals surface area (Å²) >= 11 is 0. The molecule has 2 heterocycles. The lowest BCUT2D eigenvalue weighted by molar-refractivity contribution is 0.0141. The maximum atomic E-state index is 5.55. The topological polar surface area (TPSA) is 28.3 Å². The van der Waals surface area contributed by atoms with Crippen LogP contribution >= 0.6 is 0 Å². The summed E-state index contributed by atoms with van der Waals surface area (Å²) in [4.78, 5) is 6.30. The van der Waals surface area contributed by atoms with E-state index in [2.05, 4.69) is 58.4 Å². The molecule has 0 radical (unpaired) electrons. The average molecular weight is 318 g/mol. The van der Waals surface area contributed by atoms with Crippen molar-refractivity contribution in [2.45, 2.75) is 18.9 Å². The van der Waals surface area contributed by atoms with E-state index in [1.165, 1.54) is 39.7 Å². The molecule has 0 spiro atoms. The van der Waals surface area contributed by atoms with Gasteiger partial charge in [0.1, 0.15) is 0 Å². The van der Waals surface area contributed by atoms with Gasteiger partial charge < -0.3 is 9.72 Å².